The molecule has 17 heavy (non-hydrogen) atoms. The summed E-state index contributed by atoms with van der Waals surface area (Å²) in [6.07, 6.45) is 6.25. The van der Waals surface area contributed by atoms with Gasteiger partial charge in [-0.1, -0.05) is 12.8 Å². The van der Waals surface area contributed by atoms with Crippen molar-refractivity contribution in [2.24, 2.45) is 5.92 Å². The summed E-state index contributed by atoms with van der Waals surface area (Å²) < 4.78 is 0. The van der Waals surface area contributed by atoms with E-state index in [2.05, 4.69) is 0 Å². The van der Waals surface area contributed by atoms with Gasteiger partial charge in [-0.2, -0.15) is 11.8 Å². The summed E-state index contributed by atoms with van der Waals surface area (Å²) in [6.45, 7) is 1.59. The molecule has 0 heterocycles. The lowest BCUT2D eigenvalue weighted by Gasteiger charge is -2.07. The van der Waals surface area contributed by atoms with Crippen LogP contribution in [0.15, 0.2) is 0 Å². The Morgan fingerprint density at radius 3 is 2.53 bits per heavy atom. The number of thioether (sulfide) groups is 1. The van der Waals surface area contributed by atoms with E-state index in [4.69, 9.17) is 0 Å². The molecule has 1 rings (SSSR count). The molecule has 0 N–H and O–H groups in total. The monoisotopic (exact) mass is 256 g/mol. The number of hydrogen-bond donors (Lipinski definition) is 0. The van der Waals surface area contributed by atoms with Crippen molar-refractivity contribution in [1.29, 1.82) is 0 Å². The van der Waals surface area contributed by atoms with Crippen LogP contribution in [0.5, 0.6) is 0 Å². The predicted octanol–water partition coefficient (Wildman–Crippen LogP) is 2.42. The Hall–Kier alpha value is -0.640. The molecule has 1 saturated carbocycles. The number of ketones is 3. The molecule has 1 aliphatic rings. The second-order valence-electron chi connectivity index (χ2n) is 4.65. The maximum absolute atomic E-state index is 11.8. The normalized spacial score (nSPS) is 24.4. The first-order valence-electron chi connectivity index (χ1n) is 6.15. The predicted molar refractivity (Wildman–Crippen MR) is 69.2 cm³/mol. The zero-order valence-corrected chi connectivity index (χ0v) is 11.3. The van der Waals surface area contributed by atoms with Gasteiger partial charge in [-0.25, -0.2) is 0 Å². The molecule has 0 amide bonds. The molecule has 1 aliphatic carbocycles. The first kappa shape index (κ1) is 14.4. The fraction of sp³-hybridized carbons (Fsp3) is 0.769. The van der Waals surface area contributed by atoms with Crippen LogP contribution in [0.2, 0.25) is 0 Å². The van der Waals surface area contributed by atoms with Crippen molar-refractivity contribution in [2.75, 3.05) is 6.26 Å². The van der Waals surface area contributed by atoms with Gasteiger partial charge >= 0.3 is 0 Å². The Labute approximate surface area is 107 Å². The van der Waals surface area contributed by atoms with Crippen molar-refractivity contribution >= 4 is 29.1 Å². The number of carbonyl (C=O) groups is 3. The third-order valence-corrected chi connectivity index (χ3v) is 4.21. The van der Waals surface area contributed by atoms with E-state index in [9.17, 15) is 14.4 Å². The summed E-state index contributed by atoms with van der Waals surface area (Å²) in [5.74, 6) is 0.0835. The average Bonchev–Trinajstić information content (AvgIpc) is 2.54. The quantitative estimate of drug-likeness (QED) is 0.518. The number of carbonyl (C=O) groups excluding carboxylic acids is 3. The molecule has 0 aromatic rings. The fourth-order valence-electron chi connectivity index (χ4n) is 2.21. The van der Waals surface area contributed by atoms with Crippen LogP contribution in [0.4, 0.5) is 0 Å². The molecule has 0 aromatic heterocycles. The second-order valence-corrected chi connectivity index (χ2v) is 5.69. The van der Waals surface area contributed by atoms with E-state index < -0.39 is 0 Å². The van der Waals surface area contributed by atoms with Crippen LogP contribution in [-0.2, 0) is 14.4 Å². The first-order valence-corrected chi connectivity index (χ1v) is 7.43. The maximum atomic E-state index is 11.8. The van der Waals surface area contributed by atoms with E-state index in [1.807, 2.05) is 6.26 Å². The third kappa shape index (κ3) is 4.26. The van der Waals surface area contributed by atoms with Crippen LogP contribution < -0.4 is 0 Å². The number of Topliss-reactive ketones (excluding diaryl/α,β-unsaturated/α-hetero) is 3. The van der Waals surface area contributed by atoms with Gasteiger partial charge in [0.1, 0.15) is 11.6 Å². The zero-order valence-electron chi connectivity index (χ0n) is 10.5. The molecule has 3 nitrogen and oxygen atoms in total. The van der Waals surface area contributed by atoms with Crippen molar-refractivity contribution < 1.29 is 14.4 Å². The van der Waals surface area contributed by atoms with E-state index in [0.717, 1.165) is 19.3 Å². The van der Waals surface area contributed by atoms with E-state index >= 15 is 0 Å². The third-order valence-electron chi connectivity index (χ3n) is 3.24. The lowest BCUT2D eigenvalue weighted by atomic mass is 9.97. The molecule has 0 saturated heterocycles. The molecule has 2 unspecified atom stereocenters. The summed E-state index contributed by atoms with van der Waals surface area (Å²) >= 11 is 1.48. The van der Waals surface area contributed by atoms with Gasteiger partial charge in [0.25, 0.3) is 0 Å². The molecule has 0 spiro atoms. The lowest BCUT2D eigenvalue weighted by molar-refractivity contribution is -0.127. The Bertz CT molecular complexity index is 312. The van der Waals surface area contributed by atoms with Gasteiger partial charge in [0.05, 0.1) is 11.2 Å². The molecule has 0 aromatic carbocycles. The highest BCUT2D eigenvalue weighted by Gasteiger charge is 2.39. The molecule has 0 aliphatic heterocycles. The molecule has 2 atom stereocenters. The van der Waals surface area contributed by atoms with Gasteiger partial charge in [0.2, 0.25) is 0 Å². The van der Waals surface area contributed by atoms with Gasteiger partial charge in [-0.3, -0.25) is 9.59 Å². The average molecular weight is 256 g/mol. The van der Waals surface area contributed by atoms with Gasteiger partial charge < -0.3 is 4.79 Å². The minimum atomic E-state index is -0.357. The van der Waals surface area contributed by atoms with Gasteiger partial charge in [-0.05, 0) is 26.0 Å². The van der Waals surface area contributed by atoms with Crippen molar-refractivity contribution in [2.45, 2.75) is 50.7 Å². The summed E-state index contributed by atoms with van der Waals surface area (Å²) in [7, 11) is 0. The smallest absolute Gasteiger partial charge is 0.156 e. The van der Waals surface area contributed by atoms with Crippen molar-refractivity contribution in [3.05, 3.63) is 0 Å². The summed E-state index contributed by atoms with van der Waals surface area (Å²) in [6, 6.07) is 0. The zero-order chi connectivity index (χ0) is 12.8. The standard InChI is InChI=1S/C13H20O3S/c1-9(14)6-4-3-5-7-10-11(15)8-12(17-2)13(10)16/h10,12H,3-8H2,1-2H3. The largest absolute Gasteiger partial charge is 0.300 e. The second kappa shape index (κ2) is 6.94. The van der Waals surface area contributed by atoms with Gasteiger partial charge in [0, 0.05) is 12.8 Å². The lowest BCUT2D eigenvalue weighted by Crippen LogP contribution is -2.18. The highest BCUT2D eigenvalue weighted by Crippen LogP contribution is 2.30. The van der Waals surface area contributed by atoms with Crippen LogP contribution in [0.3, 0.4) is 0 Å². The molecular formula is C13H20O3S. The number of unbranched alkanes of at least 4 members (excludes halogenated alkanes) is 2. The Balaban J connectivity index is 2.25. The van der Waals surface area contributed by atoms with Gasteiger partial charge in [-0.15, -0.1) is 0 Å². The Kier molecular flexibility index (Phi) is 5.89. The van der Waals surface area contributed by atoms with Crippen molar-refractivity contribution in [1.82, 2.24) is 0 Å². The minimum absolute atomic E-state index is 0.107. The van der Waals surface area contributed by atoms with Crippen molar-refractivity contribution in [3.8, 4) is 0 Å². The molecule has 0 radical (unpaired) electrons. The Morgan fingerprint density at radius 2 is 2.00 bits per heavy atom. The summed E-state index contributed by atoms with van der Waals surface area (Å²) in [5.41, 5.74) is 0. The summed E-state index contributed by atoms with van der Waals surface area (Å²) in [4.78, 5) is 34.2. The fourth-order valence-corrected chi connectivity index (χ4v) is 2.94. The molecule has 4 heteroatoms. The van der Waals surface area contributed by atoms with Crippen LogP contribution in [0.25, 0.3) is 0 Å². The van der Waals surface area contributed by atoms with Crippen LogP contribution in [-0.4, -0.2) is 28.9 Å². The number of hydrogen-bond acceptors (Lipinski definition) is 4. The molecule has 96 valence electrons. The van der Waals surface area contributed by atoms with E-state index in [-0.39, 0.29) is 28.5 Å². The number of rotatable bonds is 7. The van der Waals surface area contributed by atoms with E-state index in [0.29, 0.717) is 19.3 Å². The van der Waals surface area contributed by atoms with Crippen LogP contribution in [0.1, 0.15) is 45.4 Å². The Morgan fingerprint density at radius 1 is 1.29 bits per heavy atom. The SMILES string of the molecule is CSC1CC(=O)C(CCCCCC(C)=O)C1=O. The molecular weight excluding hydrogens is 236 g/mol. The highest BCUT2D eigenvalue weighted by molar-refractivity contribution is 8.00. The van der Waals surface area contributed by atoms with Crippen LogP contribution >= 0.6 is 11.8 Å². The minimum Gasteiger partial charge on any atom is -0.300 e. The topological polar surface area (TPSA) is 51.2 Å². The molecule has 0 bridgehead atoms. The van der Waals surface area contributed by atoms with E-state index in [1.165, 1.54) is 11.8 Å². The first-order chi connectivity index (χ1) is 8.06. The molecule has 1 fully saturated rings. The summed E-state index contributed by atoms with van der Waals surface area (Å²) in [5, 5.41) is -0.107. The van der Waals surface area contributed by atoms with Crippen LogP contribution in [0, 0.1) is 5.92 Å². The van der Waals surface area contributed by atoms with E-state index in [1.54, 1.807) is 6.92 Å². The van der Waals surface area contributed by atoms with Crippen molar-refractivity contribution in [3.63, 3.8) is 0 Å². The highest BCUT2D eigenvalue weighted by atomic mass is 32.2. The maximum Gasteiger partial charge on any atom is 0.156 e. The van der Waals surface area contributed by atoms with Gasteiger partial charge in [0.15, 0.2) is 5.78 Å².